The van der Waals surface area contributed by atoms with Gasteiger partial charge in [-0.05, 0) is 22.7 Å². The predicted molar refractivity (Wildman–Crippen MR) is 83.1 cm³/mol. The molecule has 16 heteroatoms. The van der Waals surface area contributed by atoms with Crippen molar-refractivity contribution >= 4 is 22.6 Å². The molecule has 176 valence electrons. The summed E-state index contributed by atoms with van der Waals surface area (Å²) in [5.74, 6) is -39.3. The summed E-state index contributed by atoms with van der Waals surface area (Å²) < 4.78 is 171. The van der Waals surface area contributed by atoms with E-state index in [4.69, 9.17) is 5.26 Å². The number of halogens is 14. The molecule has 2 atom stereocenters. The third-order valence-corrected chi connectivity index (χ3v) is 5.34. The van der Waals surface area contributed by atoms with Crippen LogP contribution >= 0.6 is 22.6 Å². The van der Waals surface area contributed by atoms with E-state index in [-0.39, 0.29) is 17.4 Å². The molecular weight excluding hydrogens is 570 g/mol. The highest BCUT2D eigenvalue weighted by Gasteiger charge is 2.90. The number of alkyl halides is 14. The fraction of sp³-hybridized carbons (Fsp3) is 0.929. The number of nitriles is 1. The van der Waals surface area contributed by atoms with Gasteiger partial charge in [0, 0.05) is 19.5 Å². The van der Waals surface area contributed by atoms with Gasteiger partial charge in [-0.15, -0.1) is 0 Å². The summed E-state index contributed by atoms with van der Waals surface area (Å²) >= 11 is 1.75. The van der Waals surface area contributed by atoms with E-state index in [1.165, 1.54) is 6.19 Å². The number of rotatable bonds is 8. The van der Waals surface area contributed by atoms with Crippen LogP contribution in [0.1, 0.15) is 12.8 Å². The van der Waals surface area contributed by atoms with Crippen molar-refractivity contribution < 1.29 is 57.1 Å². The minimum Gasteiger partial charge on any atom is -0.310 e. The molecule has 1 heterocycles. The lowest BCUT2D eigenvalue weighted by molar-refractivity contribution is -0.440. The molecule has 1 aliphatic rings. The van der Waals surface area contributed by atoms with Crippen molar-refractivity contribution in [3.05, 3.63) is 0 Å². The predicted octanol–water partition coefficient (Wildman–Crippen LogP) is 5.97. The molecule has 1 saturated heterocycles. The molecule has 0 bridgehead atoms. The highest BCUT2D eigenvalue weighted by Crippen LogP contribution is 2.61. The second-order valence-electron chi connectivity index (χ2n) is 6.71. The van der Waals surface area contributed by atoms with Crippen LogP contribution < -0.4 is 0 Å². The average molecular weight is 582 g/mol. The highest BCUT2D eigenvalue weighted by molar-refractivity contribution is 14.1. The van der Waals surface area contributed by atoms with E-state index in [9.17, 15) is 57.1 Å². The molecule has 2 nitrogen and oxygen atoms in total. The van der Waals surface area contributed by atoms with Crippen LogP contribution in [0.3, 0.4) is 0 Å². The van der Waals surface area contributed by atoms with E-state index in [0.29, 0.717) is 0 Å². The van der Waals surface area contributed by atoms with E-state index in [1.807, 2.05) is 0 Å². The Hall–Kier alpha value is -0.890. The lowest BCUT2D eigenvalue weighted by Crippen LogP contribution is -2.70. The minimum atomic E-state index is -7.89. The van der Waals surface area contributed by atoms with Crippen LogP contribution in [-0.2, 0) is 0 Å². The number of hydrogen-bond donors (Lipinski definition) is 0. The molecule has 0 aromatic heterocycles. The molecule has 0 aromatic rings. The molecule has 1 fully saturated rings. The van der Waals surface area contributed by atoms with Crippen LogP contribution in [0, 0.1) is 23.3 Å². The Bertz CT molecular complexity index is 655. The molecular formula is C14H12F13IN2. The molecule has 0 amide bonds. The van der Waals surface area contributed by atoms with Crippen molar-refractivity contribution in [2.45, 2.75) is 48.6 Å². The Morgan fingerprint density at radius 3 is 1.57 bits per heavy atom. The monoisotopic (exact) mass is 582 g/mol. The van der Waals surface area contributed by atoms with Gasteiger partial charge in [0.2, 0.25) is 0 Å². The molecule has 0 aromatic carbocycles. The Morgan fingerprint density at radius 2 is 1.17 bits per heavy atom. The maximum atomic E-state index is 14.0. The molecule has 0 radical (unpaired) electrons. The molecule has 0 saturated carbocycles. The smallest absolute Gasteiger partial charge is 0.310 e. The normalized spacial score (nSPS) is 22.4. The summed E-state index contributed by atoms with van der Waals surface area (Å²) in [6, 6.07) is 0. The number of likely N-dealkylation sites (tertiary alicyclic amines) is 1. The van der Waals surface area contributed by atoms with E-state index in [0.717, 1.165) is 4.90 Å². The Morgan fingerprint density at radius 1 is 0.733 bits per heavy atom. The SMILES string of the molecule is N#CN1CC(CCI)C(CC(F)(F)C(F)(F)C(F)(F)C(F)(F)C(F)(F)C(F)(F)F)C1. The van der Waals surface area contributed by atoms with Gasteiger partial charge in [-0.3, -0.25) is 0 Å². The van der Waals surface area contributed by atoms with E-state index >= 15 is 0 Å². The maximum Gasteiger partial charge on any atom is 0.460 e. The topological polar surface area (TPSA) is 27.0 Å². The lowest BCUT2D eigenvalue weighted by atomic mass is 9.84. The van der Waals surface area contributed by atoms with E-state index in [1.54, 1.807) is 22.6 Å². The summed E-state index contributed by atoms with van der Waals surface area (Å²) in [6.07, 6.45) is -8.11. The highest BCUT2D eigenvalue weighted by atomic mass is 127. The van der Waals surface area contributed by atoms with Gasteiger partial charge >= 0.3 is 35.8 Å². The van der Waals surface area contributed by atoms with Crippen LogP contribution in [0.25, 0.3) is 0 Å². The molecule has 0 aliphatic carbocycles. The first-order chi connectivity index (χ1) is 13.2. The summed E-state index contributed by atoms with van der Waals surface area (Å²) in [6.45, 7) is -0.866. The first-order valence-corrected chi connectivity index (χ1v) is 9.40. The molecule has 0 N–H and O–H groups in total. The van der Waals surface area contributed by atoms with Crippen molar-refractivity contribution in [2.24, 2.45) is 11.8 Å². The number of nitrogens with zero attached hydrogens (tertiary/aromatic N) is 2. The van der Waals surface area contributed by atoms with Crippen molar-refractivity contribution in [2.75, 3.05) is 17.5 Å². The van der Waals surface area contributed by atoms with Crippen LogP contribution in [-0.4, -0.2) is 58.2 Å². The summed E-state index contributed by atoms with van der Waals surface area (Å²) in [7, 11) is 0. The third-order valence-electron chi connectivity index (χ3n) is 4.71. The van der Waals surface area contributed by atoms with Gasteiger partial charge in [-0.25, -0.2) is 0 Å². The maximum absolute atomic E-state index is 14.0. The largest absolute Gasteiger partial charge is 0.460 e. The standard InChI is InChI=1S/C14H12F13IN2/c15-9(16,3-8-5-30(6-29)4-7(8)1-2-28)10(17,18)11(19,20)12(21,22)13(23,24)14(25,26)27/h7-8H,1-5H2. The van der Waals surface area contributed by atoms with Crippen molar-refractivity contribution in [1.29, 1.82) is 5.26 Å². The van der Waals surface area contributed by atoms with Crippen LogP contribution in [0.5, 0.6) is 0 Å². The Balaban J connectivity index is 3.31. The molecule has 30 heavy (non-hydrogen) atoms. The van der Waals surface area contributed by atoms with Gasteiger partial charge in [0.25, 0.3) is 0 Å². The van der Waals surface area contributed by atoms with Crippen LogP contribution in [0.15, 0.2) is 0 Å². The first kappa shape index (κ1) is 27.1. The van der Waals surface area contributed by atoms with Gasteiger partial charge < -0.3 is 4.90 Å². The van der Waals surface area contributed by atoms with Crippen LogP contribution in [0.4, 0.5) is 57.1 Å². The lowest BCUT2D eigenvalue weighted by Gasteiger charge is -2.40. The van der Waals surface area contributed by atoms with E-state index in [2.05, 4.69) is 0 Å². The molecule has 0 spiro atoms. The summed E-state index contributed by atoms with van der Waals surface area (Å²) in [4.78, 5) is 0.820. The van der Waals surface area contributed by atoms with Gasteiger partial charge in [-0.2, -0.15) is 62.3 Å². The van der Waals surface area contributed by atoms with Crippen molar-refractivity contribution in [3.8, 4) is 6.19 Å². The second-order valence-corrected chi connectivity index (χ2v) is 7.79. The second kappa shape index (κ2) is 8.23. The van der Waals surface area contributed by atoms with Gasteiger partial charge in [-0.1, -0.05) is 22.6 Å². The van der Waals surface area contributed by atoms with Gasteiger partial charge in [0.15, 0.2) is 6.19 Å². The fourth-order valence-corrected chi connectivity index (χ4v) is 3.78. The Kier molecular flexibility index (Phi) is 7.44. The fourth-order valence-electron chi connectivity index (χ4n) is 2.98. The summed E-state index contributed by atoms with van der Waals surface area (Å²) in [5, 5.41) is 8.76. The zero-order chi connectivity index (χ0) is 24.0. The van der Waals surface area contributed by atoms with Crippen LogP contribution in [0.2, 0.25) is 0 Å². The Labute approximate surface area is 174 Å². The van der Waals surface area contributed by atoms with Gasteiger partial charge in [0.05, 0.1) is 0 Å². The van der Waals surface area contributed by atoms with E-state index < -0.39 is 60.6 Å². The minimum absolute atomic E-state index is 0.0454. The molecule has 1 rings (SSSR count). The zero-order valence-corrected chi connectivity index (χ0v) is 16.5. The molecule has 1 aliphatic heterocycles. The quantitative estimate of drug-likeness (QED) is 0.153. The number of hydrogen-bond acceptors (Lipinski definition) is 2. The van der Waals surface area contributed by atoms with Gasteiger partial charge in [0.1, 0.15) is 0 Å². The van der Waals surface area contributed by atoms with Crippen molar-refractivity contribution in [1.82, 2.24) is 4.90 Å². The average Bonchev–Trinajstić information content (AvgIpc) is 2.94. The van der Waals surface area contributed by atoms with Crippen molar-refractivity contribution in [3.63, 3.8) is 0 Å². The summed E-state index contributed by atoms with van der Waals surface area (Å²) in [5.41, 5.74) is 0. The first-order valence-electron chi connectivity index (χ1n) is 7.87. The third kappa shape index (κ3) is 4.23. The zero-order valence-electron chi connectivity index (χ0n) is 14.4. The molecule has 2 unspecified atom stereocenters.